The van der Waals surface area contributed by atoms with Crippen LogP contribution in [-0.4, -0.2) is 24.3 Å². The minimum Gasteiger partial charge on any atom is -0.481 e. The second-order valence-electron chi connectivity index (χ2n) is 2.52. The monoisotopic (exact) mass is 146 g/mol. The molecule has 0 aliphatic carbocycles. The standard InChI is InChI=1S/C7H14O3/c1-5(7(8)9)4-6(2)10-3/h5-6H,4H2,1-3H3,(H,8,9)/t5-,6+/m0/s1. The van der Waals surface area contributed by atoms with Gasteiger partial charge >= 0.3 is 5.97 Å². The van der Waals surface area contributed by atoms with E-state index in [1.54, 1.807) is 14.0 Å². The first kappa shape index (κ1) is 9.43. The van der Waals surface area contributed by atoms with Crippen molar-refractivity contribution < 1.29 is 14.6 Å². The molecular weight excluding hydrogens is 132 g/mol. The number of aliphatic carboxylic acids is 1. The van der Waals surface area contributed by atoms with Gasteiger partial charge in [0.25, 0.3) is 0 Å². The molecule has 0 amide bonds. The molecule has 60 valence electrons. The average molecular weight is 146 g/mol. The van der Waals surface area contributed by atoms with Crippen LogP contribution in [0, 0.1) is 5.92 Å². The van der Waals surface area contributed by atoms with E-state index in [9.17, 15) is 4.79 Å². The zero-order valence-electron chi connectivity index (χ0n) is 6.63. The molecule has 3 heteroatoms. The summed E-state index contributed by atoms with van der Waals surface area (Å²) in [4.78, 5) is 10.3. The topological polar surface area (TPSA) is 46.5 Å². The van der Waals surface area contributed by atoms with E-state index in [-0.39, 0.29) is 12.0 Å². The molecule has 0 aliphatic heterocycles. The molecule has 0 aromatic heterocycles. The van der Waals surface area contributed by atoms with Gasteiger partial charge < -0.3 is 9.84 Å². The maximum atomic E-state index is 10.3. The Bertz CT molecular complexity index is 111. The molecule has 3 nitrogen and oxygen atoms in total. The van der Waals surface area contributed by atoms with E-state index in [4.69, 9.17) is 9.84 Å². The van der Waals surface area contributed by atoms with Crippen molar-refractivity contribution in [1.29, 1.82) is 0 Å². The lowest BCUT2D eigenvalue weighted by Crippen LogP contribution is -2.17. The summed E-state index contributed by atoms with van der Waals surface area (Å²) in [6.07, 6.45) is 0.609. The first-order chi connectivity index (χ1) is 4.57. The molecule has 0 radical (unpaired) electrons. The van der Waals surface area contributed by atoms with Crippen LogP contribution in [0.2, 0.25) is 0 Å². The lowest BCUT2D eigenvalue weighted by Gasteiger charge is -2.11. The minimum absolute atomic E-state index is 0.0334. The predicted molar refractivity (Wildman–Crippen MR) is 37.9 cm³/mol. The van der Waals surface area contributed by atoms with Crippen LogP contribution >= 0.6 is 0 Å². The highest BCUT2D eigenvalue weighted by molar-refractivity contribution is 5.69. The van der Waals surface area contributed by atoms with Crippen LogP contribution in [0.15, 0.2) is 0 Å². The Kier molecular flexibility index (Phi) is 4.03. The molecule has 0 spiro atoms. The van der Waals surface area contributed by atoms with Crippen LogP contribution in [-0.2, 0) is 9.53 Å². The second-order valence-corrected chi connectivity index (χ2v) is 2.52. The summed E-state index contributed by atoms with van der Waals surface area (Å²) in [5.74, 6) is -1.07. The number of methoxy groups -OCH3 is 1. The predicted octanol–water partition coefficient (Wildman–Crippen LogP) is 1.13. The summed E-state index contributed by atoms with van der Waals surface area (Å²) in [5.41, 5.74) is 0. The molecule has 0 saturated heterocycles. The van der Waals surface area contributed by atoms with E-state index >= 15 is 0 Å². The average Bonchev–Trinajstić information content (AvgIpc) is 1.87. The smallest absolute Gasteiger partial charge is 0.306 e. The zero-order valence-corrected chi connectivity index (χ0v) is 6.63. The van der Waals surface area contributed by atoms with Crippen LogP contribution in [0.4, 0.5) is 0 Å². The van der Waals surface area contributed by atoms with Crippen LogP contribution in [0.25, 0.3) is 0 Å². The van der Waals surface area contributed by atoms with Crippen molar-refractivity contribution in [3.8, 4) is 0 Å². The molecule has 0 aliphatic rings. The largest absolute Gasteiger partial charge is 0.481 e. The van der Waals surface area contributed by atoms with Gasteiger partial charge in [-0.3, -0.25) is 4.79 Å². The highest BCUT2D eigenvalue weighted by Crippen LogP contribution is 2.07. The normalized spacial score (nSPS) is 16.3. The molecule has 0 aromatic rings. The summed E-state index contributed by atoms with van der Waals surface area (Å²) in [5, 5.41) is 8.47. The molecule has 0 aromatic carbocycles. The fraction of sp³-hybridized carbons (Fsp3) is 0.857. The Morgan fingerprint density at radius 3 is 2.40 bits per heavy atom. The number of hydrogen-bond donors (Lipinski definition) is 1. The third kappa shape index (κ3) is 3.45. The van der Waals surface area contributed by atoms with Crippen molar-refractivity contribution in [2.75, 3.05) is 7.11 Å². The van der Waals surface area contributed by atoms with Crippen LogP contribution in [0.1, 0.15) is 20.3 Å². The Labute approximate surface area is 61.0 Å². The minimum atomic E-state index is -0.760. The SMILES string of the molecule is CO[C@H](C)C[C@H](C)C(=O)O. The van der Waals surface area contributed by atoms with Crippen molar-refractivity contribution in [3.63, 3.8) is 0 Å². The van der Waals surface area contributed by atoms with Gasteiger partial charge in [-0.1, -0.05) is 6.92 Å². The molecule has 0 saturated carbocycles. The van der Waals surface area contributed by atoms with E-state index in [0.29, 0.717) is 6.42 Å². The van der Waals surface area contributed by atoms with Gasteiger partial charge in [-0.25, -0.2) is 0 Å². The number of carboxylic acids is 1. The summed E-state index contributed by atoms with van der Waals surface area (Å²) in [6, 6.07) is 0. The van der Waals surface area contributed by atoms with Gasteiger partial charge in [0.05, 0.1) is 12.0 Å². The molecule has 0 heterocycles. The zero-order chi connectivity index (χ0) is 8.15. The lowest BCUT2D eigenvalue weighted by molar-refractivity contribution is -0.142. The molecule has 0 bridgehead atoms. The number of carboxylic acid groups (broad SMARTS) is 1. The van der Waals surface area contributed by atoms with E-state index in [1.165, 1.54) is 0 Å². The van der Waals surface area contributed by atoms with Gasteiger partial charge in [-0.2, -0.15) is 0 Å². The van der Waals surface area contributed by atoms with E-state index in [2.05, 4.69) is 0 Å². The quantitative estimate of drug-likeness (QED) is 0.646. The van der Waals surface area contributed by atoms with Crippen molar-refractivity contribution in [2.45, 2.75) is 26.4 Å². The third-order valence-electron chi connectivity index (χ3n) is 1.51. The highest BCUT2D eigenvalue weighted by Gasteiger charge is 2.13. The van der Waals surface area contributed by atoms with Gasteiger partial charge in [-0.15, -0.1) is 0 Å². The lowest BCUT2D eigenvalue weighted by atomic mass is 10.1. The summed E-state index contributed by atoms with van der Waals surface area (Å²) >= 11 is 0. The number of carbonyl (C=O) groups is 1. The second kappa shape index (κ2) is 4.28. The van der Waals surface area contributed by atoms with Crippen molar-refractivity contribution >= 4 is 5.97 Å². The van der Waals surface area contributed by atoms with Crippen LogP contribution in [0.3, 0.4) is 0 Å². The number of rotatable bonds is 4. The van der Waals surface area contributed by atoms with Crippen LogP contribution < -0.4 is 0 Å². The van der Waals surface area contributed by atoms with Gasteiger partial charge in [0.2, 0.25) is 0 Å². The van der Waals surface area contributed by atoms with E-state index in [0.717, 1.165) is 0 Å². The third-order valence-corrected chi connectivity index (χ3v) is 1.51. The Morgan fingerprint density at radius 2 is 2.10 bits per heavy atom. The van der Waals surface area contributed by atoms with E-state index in [1.807, 2.05) is 6.92 Å². The number of hydrogen-bond acceptors (Lipinski definition) is 2. The molecule has 1 N–H and O–H groups in total. The first-order valence-electron chi connectivity index (χ1n) is 3.33. The summed E-state index contributed by atoms with van der Waals surface area (Å²) in [6.45, 7) is 3.54. The maximum absolute atomic E-state index is 10.3. The van der Waals surface area contributed by atoms with Gasteiger partial charge in [0.15, 0.2) is 0 Å². The molecular formula is C7H14O3. The Hall–Kier alpha value is -0.570. The van der Waals surface area contributed by atoms with Crippen molar-refractivity contribution in [1.82, 2.24) is 0 Å². The fourth-order valence-electron chi connectivity index (χ4n) is 0.695. The van der Waals surface area contributed by atoms with Gasteiger partial charge in [-0.05, 0) is 13.3 Å². The number of ether oxygens (including phenoxy) is 1. The van der Waals surface area contributed by atoms with Crippen LogP contribution in [0.5, 0.6) is 0 Å². The highest BCUT2D eigenvalue weighted by atomic mass is 16.5. The Morgan fingerprint density at radius 1 is 1.60 bits per heavy atom. The van der Waals surface area contributed by atoms with Gasteiger partial charge in [0.1, 0.15) is 0 Å². The van der Waals surface area contributed by atoms with E-state index < -0.39 is 5.97 Å². The Balaban J connectivity index is 3.56. The molecule has 10 heavy (non-hydrogen) atoms. The molecule has 0 fully saturated rings. The van der Waals surface area contributed by atoms with Gasteiger partial charge in [0, 0.05) is 7.11 Å². The molecule has 2 atom stereocenters. The van der Waals surface area contributed by atoms with Crippen molar-refractivity contribution in [3.05, 3.63) is 0 Å². The molecule has 0 unspecified atom stereocenters. The maximum Gasteiger partial charge on any atom is 0.306 e. The van der Waals surface area contributed by atoms with Crippen molar-refractivity contribution in [2.24, 2.45) is 5.92 Å². The summed E-state index contributed by atoms with van der Waals surface area (Å²) < 4.78 is 4.91. The molecule has 0 rings (SSSR count). The summed E-state index contributed by atoms with van der Waals surface area (Å²) in [7, 11) is 1.58. The first-order valence-corrected chi connectivity index (χ1v) is 3.33. The fourth-order valence-corrected chi connectivity index (χ4v) is 0.695.